The molecule has 1 amide bonds. The molecule has 3 rings (SSSR count). The van der Waals surface area contributed by atoms with Crippen molar-refractivity contribution in [2.45, 2.75) is 20.4 Å². The van der Waals surface area contributed by atoms with E-state index in [9.17, 15) is 9.59 Å². The zero-order valence-electron chi connectivity index (χ0n) is 16.5. The molecule has 0 radical (unpaired) electrons. The van der Waals surface area contributed by atoms with Crippen LogP contribution in [0.2, 0.25) is 0 Å². The molecule has 0 fully saturated rings. The van der Waals surface area contributed by atoms with Gasteiger partial charge in [-0.2, -0.15) is 0 Å². The number of aromatic nitrogens is 2. The Morgan fingerprint density at radius 1 is 1.00 bits per heavy atom. The SMILES string of the molecule is COC(=O)c1ccccc1Nc1nc(C)cc(C(=O)NCc2ccc(C)cc2)n1. The molecule has 148 valence electrons. The molecule has 0 unspecified atom stereocenters. The van der Waals surface area contributed by atoms with Gasteiger partial charge in [0.1, 0.15) is 5.69 Å². The first kappa shape index (κ1) is 20.0. The second-order valence-corrected chi connectivity index (χ2v) is 6.55. The van der Waals surface area contributed by atoms with E-state index in [0.29, 0.717) is 23.5 Å². The van der Waals surface area contributed by atoms with Crippen molar-refractivity contribution < 1.29 is 14.3 Å². The van der Waals surface area contributed by atoms with Crippen LogP contribution in [-0.2, 0) is 11.3 Å². The highest BCUT2D eigenvalue weighted by Crippen LogP contribution is 2.20. The number of anilines is 2. The van der Waals surface area contributed by atoms with Crippen LogP contribution in [0.15, 0.2) is 54.6 Å². The zero-order chi connectivity index (χ0) is 20.8. The molecule has 29 heavy (non-hydrogen) atoms. The molecule has 0 aliphatic heterocycles. The monoisotopic (exact) mass is 390 g/mol. The van der Waals surface area contributed by atoms with Crippen LogP contribution in [0.5, 0.6) is 0 Å². The van der Waals surface area contributed by atoms with Gasteiger partial charge in [0.25, 0.3) is 5.91 Å². The number of amides is 1. The summed E-state index contributed by atoms with van der Waals surface area (Å²) >= 11 is 0. The average molecular weight is 390 g/mol. The minimum Gasteiger partial charge on any atom is -0.465 e. The number of carbonyl (C=O) groups is 2. The number of benzene rings is 2. The van der Waals surface area contributed by atoms with Crippen LogP contribution in [0.1, 0.15) is 37.7 Å². The molecule has 0 saturated heterocycles. The fourth-order valence-corrected chi connectivity index (χ4v) is 2.72. The molecule has 0 atom stereocenters. The second kappa shape index (κ2) is 8.97. The molecule has 2 aromatic carbocycles. The van der Waals surface area contributed by atoms with Gasteiger partial charge < -0.3 is 15.4 Å². The first-order valence-electron chi connectivity index (χ1n) is 9.10. The lowest BCUT2D eigenvalue weighted by Crippen LogP contribution is -2.24. The van der Waals surface area contributed by atoms with Gasteiger partial charge in [0.15, 0.2) is 0 Å². The minimum atomic E-state index is -0.475. The summed E-state index contributed by atoms with van der Waals surface area (Å²) < 4.78 is 4.80. The van der Waals surface area contributed by atoms with Crippen molar-refractivity contribution in [1.29, 1.82) is 0 Å². The molecular weight excluding hydrogens is 368 g/mol. The summed E-state index contributed by atoms with van der Waals surface area (Å²) in [6.07, 6.45) is 0. The molecule has 2 N–H and O–H groups in total. The van der Waals surface area contributed by atoms with E-state index in [0.717, 1.165) is 11.1 Å². The van der Waals surface area contributed by atoms with E-state index < -0.39 is 5.97 Å². The minimum absolute atomic E-state index is 0.224. The molecular formula is C22H22N4O3. The number of nitrogens with zero attached hydrogens (tertiary/aromatic N) is 2. The van der Waals surface area contributed by atoms with Crippen LogP contribution in [0.4, 0.5) is 11.6 Å². The van der Waals surface area contributed by atoms with Crippen molar-refractivity contribution >= 4 is 23.5 Å². The first-order chi connectivity index (χ1) is 14.0. The van der Waals surface area contributed by atoms with Gasteiger partial charge in [-0.15, -0.1) is 0 Å². The van der Waals surface area contributed by atoms with Gasteiger partial charge in [-0.05, 0) is 37.6 Å². The van der Waals surface area contributed by atoms with Gasteiger partial charge in [0.2, 0.25) is 5.95 Å². The predicted molar refractivity (Wildman–Crippen MR) is 110 cm³/mol. The molecule has 0 bridgehead atoms. The highest BCUT2D eigenvalue weighted by atomic mass is 16.5. The van der Waals surface area contributed by atoms with Crippen molar-refractivity contribution in [3.63, 3.8) is 0 Å². The Morgan fingerprint density at radius 3 is 2.45 bits per heavy atom. The Balaban J connectivity index is 1.77. The lowest BCUT2D eigenvalue weighted by Gasteiger charge is -2.11. The topological polar surface area (TPSA) is 93.2 Å². The Kier molecular flexibility index (Phi) is 6.19. The van der Waals surface area contributed by atoms with E-state index in [2.05, 4.69) is 20.6 Å². The molecule has 0 aliphatic rings. The molecule has 0 aliphatic carbocycles. The van der Waals surface area contributed by atoms with Crippen LogP contribution in [-0.4, -0.2) is 29.0 Å². The Labute approximate surface area is 169 Å². The van der Waals surface area contributed by atoms with E-state index in [1.807, 2.05) is 31.2 Å². The van der Waals surface area contributed by atoms with Crippen molar-refractivity contribution in [3.8, 4) is 0 Å². The predicted octanol–water partition coefficient (Wildman–Crippen LogP) is 3.55. The van der Waals surface area contributed by atoms with Crippen molar-refractivity contribution in [3.05, 3.63) is 82.7 Å². The molecule has 1 heterocycles. The van der Waals surface area contributed by atoms with Crippen molar-refractivity contribution in [1.82, 2.24) is 15.3 Å². The maximum Gasteiger partial charge on any atom is 0.339 e. The molecule has 0 saturated carbocycles. The number of esters is 1. The first-order valence-corrected chi connectivity index (χ1v) is 9.10. The number of carbonyl (C=O) groups excluding carboxylic acids is 2. The zero-order valence-corrected chi connectivity index (χ0v) is 16.5. The van der Waals surface area contributed by atoms with Gasteiger partial charge >= 0.3 is 5.97 Å². The lowest BCUT2D eigenvalue weighted by atomic mass is 10.1. The van der Waals surface area contributed by atoms with Gasteiger partial charge in [-0.1, -0.05) is 42.0 Å². The number of para-hydroxylation sites is 1. The van der Waals surface area contributed by atoms with E-state index in [1.54, 1.807) is 37.3 Å². The van der Waals surface area contributed by atoms with E-state index in [-0.39, 0.29) is 17.5 Å². The fraction of sp³-hybridized carbons (Fsp3) is 0.182. The highest BCUT2D eigenvalue weighted by molar-refractivity contribution is 5.96. The number of nitrogens with one attached hydrogen (secondary N) is 2. The summed E-state index contributed by atoms with van der Waals surface area (Å²) in [6, 6.07) is 16.4. The van der Waals surface area contributed by atoms with Gasteiger partial charge in [-0.3, -0.25) is 4.79 Å². The Hall–Kier alpha value is -3.74. The highest BCUT2D eigenvalue weighted by Gasteiger charge is 2.14. The molecule has 3 aromatic rings. The summed E-state index contributed by atoms with van der Waals surface area (Å²) in [5.74, 6) is -0.556. The summed E-state index contributed by atoms with van der Waals surface area (Å²) in [5.41, 5.74) is 3.87. The third kappa shape index (κ3) is 5.16. The van der Waals surface area contributed by atoms with Crippen molar-refractivity contribution in [2.75, 3.05) is 12.4 Å². The van der Waals surface area contributed by atoms with Gasteiger partial charge in [-0.25, -0.2) is 14.8 Å². The largest absolute Gasteiger partial charge is 0.465 e. The fourth-order valence-electron chi connectivity index (χ4n) is 2.72. The van der Waals surface area contributed by atoms with Gasteiger partial charge in [0.05, 0.1) is 18.4 Å². The molecule has 7 nitrogen and oxygen atoms in total. The number of ether oxygens (including phenoxy) is 1. The number of rotatable bonds is 6. The van der Waals surface area contributed by atoms with Crippen LogP contribution in [0.3, 0.4) is 0 Å². The standard InChI is InChI=1S/C22H22N4O3/c1-14-8-10-16(11-9-14)13-23-20(27)19-12-15(2)24-22(26-19)25-18-7-5-4-6-17(18)21(28)29-3/h4-12H,13H2,1-3H3,(H,23,27)(H,24,25,26). The lowest BCUT2D eigenvalue weighted by molar-refractivity contribution is 0.0601. The van der Waals surface area contributed by atoms with Crippen LogP contribution in [0.25, 0.3) is 0 Å². The number of methoxy groups -OCH3 is 1. The smallest absolute Gasteiger partial charge is 0.339 e. The van der Waals surface area contributed by atoms with Gasteiger partial charge in [0, 0.05) is 12.2 Å². The number of aryl methyl sites for hydroxylation is 2. The van der Waals surface area contributed by atoms with Crippen LogP contribution >= 0.6 is 0 Å². The average Bonchev–Trinajstić information content (AvgIpc) is 2.72. The summed E-state index contributed by atoms with van der Waals surface area (Å²) in [7, 11) is 1.32. The number of hydrogen-bond acceptors (Lipinski definition) is 6. The third-order valence-corrected chi connectivity index (χ3v) is 4.24. The quantitative estimate of drug-likeness (QED) is 0.625. The van der Waals surface area contributed by atoms with E-state index >= 15 is 0 Å². The third-order valence-electron chi connectivity index (χ3n) is 4.24. The molecule has 7 heteroatoms. The van der Waals surface area contributed by atoms with Crippen LogP contribution < -0.4 is 10.6 Å². The normalized spacial score (nSPS) is 10.3. The molecule has 0 spiro atoms. The molecule has 1 aromatic heterocycles. The maximum absolute atomic E-state index is 12.6. The van der Waals surface area contributed by atoms with Crippen molar-refractivity contribution in [2.24, 2.45) is 0 Å². The summed E-state index contributed by atoms with van der Waals surface area (Å²) in [6.45, 7) is 4.19. The van der Waals surface area contributed by atoms with Crippen LogP contribution in [0, 0.1) is 13.8 Å². The Morgan fingerprint density at radius 2 is 1.72 bits per heavy atom. The number of hydrogen-bond donors (Lipinski definition) is 2. The summed E-state index contributed by atoms with van der Waals surface area (Å²) in [5, 5.41) is 5.86. The van der Waals surface area contributed by atoms with E-state index in [1.165, 1.54) is 7.11 Å². The maximum atomic E-state index is 12.6. The second-order valence-electron chi connectivity index (χ2n) is 6.55. The Bertz CT molecular complexity index is 1030. The van der Waals surface area contributed by atoms with E-state index in [4.69, 9.17) is 4.74 Å². The summed E-state index contributed by atoms with van der Waals surface area (Å²) in [4.78, 5) is 33.1.